The molecule has 2 aromatic rings. The van der Waals surface area contributed by atoms with Crippen molar-refractivity contribution in [1.82, 2.24) is 14.5 Å². The van der Waals surface area contributed by atoms with Crippen molar-refractivity contribution in [2.24, 2.45) is 0 Å². The van der Waals surface area contributed by atoms with Gasteiger partial charge in [0.25, 0.3) is 0 Å². The molecule has 0 radical (unpaired) electrons. The monoisotopic (exact) mass is 554 g/mol. The highest BCUT2D eigenvalue weighted by molar-refractivity contribution is 7.91. The first-order valence-electron chi connectivity index (χ1n) is 13.1. The van der Waals surface area contributed by atoms with E-state index in [1.165, 1.54) is 0 Å². The van der Waals surface area contributed by atoms with Crippen LogP contribution in [0.2, 0.25) is 0 Å². The normalized spacial score (nSPS) is 14.7. The van der Waals surface area contributed by atoms with Crippen LogP contribution < -0.4 is 5.46 Å². The number of hydrogen-bond acceptors (Lipinski definition) is 5. The van der Waals surface area contributed by atoms with Gasteiger partial charge in [0, 0.05) is 29.7 Å². The van der Waals surface area contributed by atoms with Crippen molar-refractivity contribution < 1.29 is 8.42 Å². The first-order chi connectivity index (χ1) is 18.4. The van der Waals surface area contributed by atoms with Crippen molar-refractivity contribution in [3.8, 4) is 40.0 Å². The Bertz CT molecular complexity index is 1710. The minimum absolute atomic E-state index is 0.0457. The second-order valence-corrected chi connectivity index (χ2v) is 14.6. The average molecular weight is 554 g/mol. The maximum atomic E-state index is 13.4. The molecule has 1 fully saturated rings. The fraction of sp³-hybridized carbons (Fsp3) is 0.300. The molecule has 1 aromatic carbocycles. The molecule has 3 heterocycles. The van der Waals surface area contributed by atoms with E-state index in [9.17, 15) is 13.7 Å². The number of hydrogen-bond donors (Lipinski definition) is 0. The molecule has 1 saturated carbocycles. The molecule has 0 spiro atoms. The number of rotatable bonds is 8. The Labute approximate surface area is 234 Å². The van der Waals surface area contributed by atoms with E-state index in [2.05, 4.69) is 52.6 Å². The minimum Gasteiger partial charge on any atom is -0.343 e. The molecule has 3 aliphatic rings. The van der Waals surface area contributed by atoms with Gasteiger partial charge in [0.2, 0.25) is 0 Å². The lowest BCUT2D eigenvalue weighted by atomic mass is 9.90. The molecule has 0 amide bonds. The second kappa shape index (κ2) is 9.73. The van der Waals surface area contributed by atoms with Crippen molar-refractivity contribution in [2.45, 2.75) is 55.6 Å². The standard InChI is InChI=1S/C30H32BN4O2PS/c1-5-13-35-17-22(29(3,4)38)15-23-28(35)25(31)27(34-23)26-24(39(36,37)6-2)14-20(16-33-26)19-7-9-21(10-8-19)30(18-32)11-12-30/h5,7-10,14-17H,1,6,11-13,31,38H2,2-4H3. The van der Waals surface area contributed by atoms with Gasteiger partial charge in [0.1, 0.15) is 13.5 Å². The Hall–Kier alpha value is -3.27. The van der Waals surface area contributed by atoms with E-state index in [0.717, 1.165) is 46.4 Å². The van der Waals surface area contributed by atoms with Gasteiger partial charge in [-0.3, -0.25) is 4.98 Å². The Morgan fingerprint density at radius 3 is 2.46 bits per heavy atom. The smallest absolute Gasteiger partial charge is 0.180 e. The number of nitriles is 1. The molecule has 1 unspecified atom stereocenters. The van der Waals surface area contributed by atoms with Gasteiger partial charge < -0.3 is 4.57 Å². The van der Waals surface area contributed by atoms with Crippen LogP contribution in [0.3, 0.4) is 0 Å². The summed E-state index contributed by atoms with van der Waals surface area (Å²) < 4.78 is 28.9. The third-order valence-corrected chi connectivity index (χ3v) is 9.73. The lowest BCUT2D eigenvalue weighted by Crippen LogP contribution is -2.17. The maximum absolute atomic E-state index is 13.4. The average Bonchev–Trinajstić information content (AvgIpc) is 3.65. The van der Waals surface area contributed by atoms with Crippen molar-refractivity contribution in [1.29, 1.82) is 5.26 Å². The Balaban J connectivity index is 1.67. The Kier molecular flexibility index (Phi) is 6.81. The summed E-state index contributed by atoms with van der Waals surface area (Å²) in [4.78, 5) is 9.83. The molecule has 0 bridgehead atoms. The fourth-order valence-corrected chi connectivity index (χ4v) is 6.27. The van der Waals surface area contributed by atoms with Crippen molar-refractivity contribution in [3.63, 3.8) is 0 Å². The molecule has 0 N–H and O–H groups in total. The van der Waals surface area contributed by atoms with Gasteiger partial charge >= 0.3 is 0 Å². The van der Waals surface area contributed by atoms with E-state index in [0.29, 0.717) is 23.5 Å². The molecule has 0 saturated heterocycles. The zero-order chi connectivity index (χ0) is 28.2. The fourth-order valence-electron chi connectivity index (χ4n) is 5.05. The van der Waals surface area contributed by atoms with E-state index < -0.39 is 9.84 Å². The van der Waals surface area contributed by atoms with E-state index in [1.54, 1.807) is 19.2 Å². The SMILES string of the molecule is Bc1c(-c2ncc(-c3ccc(C4(C#N)CC4)cc3)cc2S(=O)(=O)CC)nc2cc(C(C)(C)P)cn(CC=C)c1-2. The number of benzene rings is 1. The summed E-state index contributed by atoms with van der Waals surface area (Å²) in [6.45, 7) is 10.4. The molecule has 1 aromatic heterocycles. The molecule has 198 valence electrons. The summed E-state index contributed by atoms with van der Waals surface area (Å²) in [5.41, 5.74) is 6.85. The zero-order valence-corrected chi connectivity index (χ0v) is 24.8. The van der Waals surface area contributed by atoms with E-state index in [1.807, 2.05) is 38.2 Å². The minimum atomic E-state index is -3.61. The lowest BCUT2D eigenvalue weighted by molar-refractivity contribution is 0.597. The van der Waals surface area contributed by atoms with Gasteiger partial charge in [-0.1, -0.05) is 51.1 Å². The molecule has 1 aliphatic carbocycles. The number of nitrogens with zero attached hydrogens (tertiary/aromatic N) is 4. The number of fused-ring (bicyclic) bond motifs is 1. The number of pyridine rings is 2. The third-order valence-electron chi connectivity index (χ3n) is 7.66. The molecule has 5 rings (SSSR count). The summed E-state index contributed by atoms with van der Waals surface area (Å²) >= 11 is 0. The quantitative estimate of drug-likeness (QED) is 0.180. The lowest BCUT2D eigenvalue weighted by Gasteiger charge is -2.23. The summed E-state index contributed by atoms with van der Waals surface area (Å²) in [5.74, 6) is -0.0457. The first kappa shape index (κ1) is 27.3. The predicted molar refractivity (Wildman–Crippen MR) is 163 cm³/mol. The van der Waals surface area contributed by atoms with Crippen LogP contribution in [-0.4, -0.2) is 36.6 Å². The van der Waals surface area contributed by atoms with Crippen molar-refractivity contribution in [2.75, 3.05) is 5.75 Å². The molecule has 9 heteroatoms. The van der Waals surface area contributed by atoms with Gasteiger partial charge in [-0.25, -0.2) is 13.4 Å². The highest BCUT2D eigenvalue weighted by Gasteiger charge is 2.44. The topological polar surface area (TPSA) is 88.6 Å². The summed E-state index contributed by atoms with van der Waals surface area (Å²) in [6.07, 6.45) is 7.42. The number of allylic oxidation sites excluding steroid dienone is 1. The van der Waals surface area contributed by atoms with E-state index in [-0.39, 0.29) is 21.2 Å². The summed E-state index contributed by atoms with van der Waals surface area (Å²) in [7, 11) is 1.22. The van der Waals surface area contributed by atoms with Crippen LogP contribution >= 0.6 is 9.24 Å². The van der Waals surface area contributed by atoms with Crippen LogP contribution in [0.15, 0.2) is 66.3 Å². The molecule has 6 nitrogen and oxygen atoms in total. The number of aromatic nitrogens is 3. The molecule has 2 aliphatic heterocycles. The second-order valence-electron chi connectivity index (χ2n) is 11.0. The summed E-state index contributed by atoms with van der Waals surface area (Å²) in [5, 5.41) is 9.36. The molecule has 1 atom stereocenters. The first-order valence-corrected chi connectivity index (χ1v) is 15.3. The van der Waals surface area contributed by atoms with Crippen molar-refractivity contribution in [3.05, 3.63) is 72.6 Å². The number of sulfone groups is 1. The largest absolute Gasteiger partial charge is 0.343 e. The highest BCUT2D eigenvalue weighted by Crippen LogP contribution is 2.47. The van der Waals surface area contributed by atoms with Gasteiger partial charge in [0.05, 0.1) is 39.2 Å². The van der Waals surface area contributed by atoms with Gasteiger partial charge in [0.15, 0.2) is 9.84 Å². The van der Waals surface area contributed by atoms with Crippen LogP contribution in [0.5, 0.6) is 0 Å². The molecular formula is C30H32BN4O2PS. The molecule has 39 heavy (non-hydrogen) atoms. The Morgan fingerprint density at radius 2 is 1.90 bits per heavy atom. The van der Waals surface area contributed by atoms with Gasteiger partial charge in [-0.2, -0.15) is 5.26 Å². The zero-order valence-electron chi connectivity index (χ0n) is 22.8. The summed E-state index contributed by atoms with van der Waals surface area (Å²) in [6, 6.07) is 14.0. The van der Waals surface area contributed by atoms with E-state index >= 15 is 0 Å². The van der Waals surface area contributed by atoms with Crippen LogP contribution in [-0.2, 0) is 27.0 Å². The van der Waals surface area contributed by atoms with Gasteiger partial charge in [-0.05, 0) is 47.1 Å². The molecular weight excluding hydrogens is 522 g/mol. The highest BCUT2D eigenvalue weighted by atomic mass is 32.2. The van der Waals surface area contributed by atoms with E-state index in [4.69, 9.17) is 9.97 Å². The predicted octanol–water partition coefficient (Wildman–Crippen LogP) is 4.62. The van der Waals surface area contributed by atoms with Crippen LogP contribution in [0.1, 0.15) is 44.7 Å². The third kappa shape index (κ3) is 4.84. The van der Waals surface area contributed by atoms with Crippen LogP contribution in [0.4, 0.5) is 0 Å². The van der Waals surface area contributed by atoms with Crippen LogP contribution in [0, 0.1) is 11.3 Å². The maximum Gasteiger partial charge on any atom is 0.180 e. The van der Waals surface area contributed by atoms with Gasteiger partial charge in [-0.15, -0.1) is 15.8 Å². The van der Waals surface area contributed by atoms with Crippen LogP contribution in [0.25, 0.3) is 33.9 Å². The Morgan fingerprint density at radius 1 is 1.21 bits per heavy atom. The van der Waals surface area contributed by atoms with Crippen molar-refractivity contribution >= 4 is 32.4 Å².